The van der Waals surface area contributed by atoms with Crippen LogP contribution < -0.4 is 20.9 Å². The first-order valence-corrected chi connectivity index (χ1v) is 11.7. The number of aryl methyl sites for hydroxylation is 1. The zero-order chi connectivity index (χ0) is 21.9. The summed E-state index contributed by atoms with van der Waals surface area (Å²) < 4.78 is 0. The standard InChI is InChI=1S/C22H32N10/c1-15-11-20(30-29-15)26-19-14-21(31-9-6-24-7-10-31)28-22(27-19)25-16-12-17-3-4-18(13-16)32(17)8-2-5-23/h11,14,16-18,24H,2-4,6-10,12-13H2,1H3,(H3,25,26,27,28,29,30). The van der Waals surface area contributed by atoms with Crippen molar-refractivity contribution in [2.45, 2.75) is 57.2 Å². The van der Waals surface area contributed by atoms with Crippen molar-refractivity contribution in [3.05, 3.63) is 17.8 Å². The van der Waals surface area contributed by atoms with Gasteiger partial charge >= 0.3 is 0 Å². The van der Waals surface area contributed by atoms with Crippen LogP contribution in [0.3, 0.4) is 0 Å². The number of piperazine rings is 1. The summed E-state index contributed by atoms with van der Waals surface area (Å²) in [7, 11) is 0. The molecule has 0 radical (unpaired) electrons. The van der Waals surface area contributed by atoms with Crippen molar-refractivity contribution >= 4 is 23.4 Å². The number of nitrogens with zero attached hydrogens (tertiary/aromatic N) is 6. The molecule has 2 aromatic heterocycles. The van der Waals surface area contributed by atoms with Crippen molar-refractivity contribution in [3.63, 3.8) is 0 Å². The first-order valence-electron chi connectivity index (χ1n) is 11.7. The normalized spacial score (nSPS) is 25.5. The predicted octanol–water partition coefficient (Wildman–Crippen LogP) is 1.98. The van der Waals surface area contributed by atoms with Gasteiger partial charge in [-0.2, -0.15) is 20.3 Å². The van der Waals surface area contributed by atoms with Crippen molar-refractivity contribution in [2.24, 2.45) is 0 Å². The molecule has 5 heterocycles. The molecular weight excluding hydrogens is 404 g/mol. The smallest absolute Gasteiger partial charge is 0.226 e. The van der Waals surface area contributed by atoms with Gasteiger partial charge < -0.3 is 20.9 Å². The van der Waals surface area contributed by atoms with Gasteiger partial charge in [0.05, 0.1) is 6.07 Å². The van der Waals surface area contributed by atoms with Crippen LogP contribution >= 0.6 is 0 Å². The molecule has 170 valence electrons. The molecule has 2 aromatic rings. The molecule has 2 bridgehead atoms. The van der Waals surface area contributed by atoms with Crippen LogP contribution in [0.4, 0.5) is 23.4 Å². The Hall–Kier alpha value is -2.90. The summed E-state index contributed by atoms with van der Waals surface area (Å²) in [6, 6.07) is 7.74. The third kappa shape index (κ3) is 4.64. The van der Waals surface area contributed by atoms with E-state index in [-0.39, 0.29) is 0 Å². The molecule has 0 spiro atoms. The van der Waals surface area contributed by atoms with Gasteiger partial charge in [-0.15, -0.1) is 0 Å². The van der Waals surface area contributed by atoms with Crippen molar-refractivity contribution in [1.29, 1.82) is 5.26 Å². The molecule has 4 N–H and O–H groups in total. The van der Waals surface area contributed by atoms with Gasteiger partial charge in [-0.1, -0.05) is 0 Å². The van der Waals surface area contributed by atoms with E-state index in [2.05, 4.69) is 42.0 Å². The fourth-order valence-electron chi connectivity index (χ4n) is 5.35. The average Bonchev–Trinajstić information content (AvgIpc) is 3.31. The van der Waals surface area contributed by atoms with Crippen molar-refractivity contribution in [3.8, 4) is 6.07 Å². The predicted molar refractivity (Wildman–Crippen MR) is 124 cm³/mol. The molecule has 2 atom stereocenters. The lowest BCUT2D eigenvalue weighted by Gasteiger charge is -2.39. The van der Waals surface area contributed by atoms with Crippen molar-refractivity contribution < 1.29 is 0 Å². The van der Waals surface area contributed by atoms with Gasteiger partial charge in [0.1, 0.15) is 11.6 Å². The maximum atomic E-state index is 8.98. The van der Waals surface area contributed by atoms with Gasteiger partial charge in [-0.3, -0.25) is 10.00 Å². The number of aromatic amines is 1. The number of rotatable bonds is 7. The molecular formula is C22H32N10. The first kappa shape index (κ1) is 21.0. The molecule has 10 heteroatoms. The maximum Gasteiger partial charge on any atom is 0.226 e. The molecule has 0 aromatic carbocycles. The van der Waals surface area contributed by atoms with E-state index < -0.39 is 0 Å². The van der Waals surface area contributed by atoms with Crippen LogP contribution in [0.2, 0.25) is 0 Å². The zero-order valence-electron chi connectivity index (χ0n) is 18.6. The summed E-state index contributed by atoms with van der Waals surface area (Å²) in [6.07, 6.45) is 5.21. The van der Waals surface area contributed by atoms with E-state index in [4.69, 9.17) is 15.2 Å². The van der Waals surface area contributed by atoms with Crippen LogP contribution in [0.5, 0.6) is 0 Å². The molecule has 0 aliphatic carbocycles. The Bertz CT molecular complexity index is 946. The second kappa shape index (κ2) is 9.30. The fourth-order valence-corrected chi connectivity index (χ4v) is 5.35. The van der Waals surface area contributed by atoms with E-state index in [0.717, 1.165) is 68.7 Å². The Balaban J connectivity index is 1.33. The minimum absolute atomic E-state index is 0.351. The molecule has 3 fully saturated rings. The Morgan fingerprint density at radius 2 is 1.91 bits per heavy atom. The van der Waals surface area contributed by atoms with Gasteiger partial charge in [0, 0.05) is 75.1 Å². The molecule has 0 saturated carbocycles. The van der Waals surface area contributed by atoms with Crippen LogP contribution in [0.15, 0.2) is 12.1 Å². The Kier molecular flexibility index (Phi) is 6.10. The number of hydrogen-bond donors (Lipinski definition) is 4. The second-order valence-corrected chi connectivity index (χ2v) is 9.08. The van der Waals surface area contributed by atoms with E-state index in [9.17, 15) is 0 Å². The highest BCUT2D eigenvalue weighted by Gasteiger charge is 2.40. The number of piperidine rings is 1. The molecule has 3 aliphatic heterocycles. The molecule has 3 aliphatic rings. The SMILES string of the molecule is Cc1cc(Nc2cc(N3CCNCC3)nc(NC3CC4CCC(C3)N4CCC#N)n2)n[nH]1. The van der Waals surface area contributed by atoms with Gasteiger partial charge in [0.15, 0.2) is 5.82 Å². The van der Waals surface area contributed by atoms with Crippen LogP contribution in [-0.4, -0.2) is 75.9 Å². The lowest BCUT2D eigenvalue weighted by Crippen LogP contribution is -2.47. The highest BCUT2D eigenvalue weighted by molar-refractivity contribution is 5.60. The molecule has 32 heavy (non-hydrogen) atoms. The van der Waals surface area contributed by atoms with Crippen molar-refractivity contribution in [2.75, 3.05) is 48.3 Å². The quantitative estimate of drug-likeness (QED) is 0.516. The minimum Gasteiger partial charge on any atom is -0.354 e. The highest BCUT2D eigenvalue weighted by Crippen LogP contribution is 2.36. The summed E-state index contributed by atoms with van der Waals surface area (Å²) in [5, 5.41) is 26.6. The summed E-state index contributed by atoms with van der Waals surface area (Å²) >= 11 is 0. The van der Waals surface area contributed by atoms with Gasteiger partial charge in [0.25, 0.3) is 0 Å². The summed E-state index contributed by atoms with van der Waals surface area (Å²) in [5.41, 5.74) is 1.00. The van der Waals surface area contributed by atoms with Gasteiger partial charge in [-0.05, 0) is 32.6 Å². The Labute approximate surface area is 188 Å². The number of anilines is 4. The molecule has 3 saturated heterocycles. The fraction of sp³-hybridized carbons (Fsp3) is 0.636. The summed E-state index contributed by atoms with van der Waals surface area (Å²) in [6.45, 7) is 6.65. The van der Waals surface area contributed by atoms with Gasteiger partial charge in [-0.25, -0.2) is 0 Å². The van der Waals surface area contributed by atoms with E-state index in [1.807, 2.05) is 19.1 Å². The zero-order valence-corrected chi connectivity index (χ0v) is 18.6. The topological polar surface area (TPSA) is 121 Å². The van der Waals surface area contributed by atoms with E-state index in [0.29, 0.717) is 30.5 Å². The lowest BCUT2D eigenvalue weighted by atomic mass is 9.97. The summed E-state index contributed by atoms with van der Waals surface area (Å²) in [5.74, 6) is 3.11. The lowest BCUT2D eigenvalue weighted by molar-refractivity contribution is 0.135. The Morgan fingerprint density at radius 1 is 1.12 bits per heavy atom. The largest absolute Gasteiger partial charge is 0.354 e. The van der Waals surface area contributed by atoms with Crippen molar-refractivity contribution in [1.82, 2.24) is 30.4 Å². The Morgan fingerprint density at radius 3 is 2.59 bits per heavy atom. The third-order valence-corrected chi connectivity index (χ3v) is 6.82. The average molecular weight is 437 g/mol. The molecule has 5 rings (SSSR count). The van der Waals surface area contributed by atoms with E-state index >= 15 is 0 Å². The highest BCUT2D eigenvalue weighted by atomic mass is 15.3. The summed E-state index contributed by atoms with van der Waals surface area (Å²) in [4.78, 5) is 14.5. The van der Waals surface area contributed by atoms with Crippen LogP contribution in [0, 0.1) is 18.3 Å². The van der Waals surface area contributed by atoms with Crippen LogP contribution in [0.25, 0.3) is 0 Å². The number of nitrogens with one attached hydrogen (secondary N) is 4. The van der Waals surface area contributed by atoms with E-state index in [1.54, 1.807) is 0 Å². The number of hydrogen-bond acceptors (Lipinski definition) is 9. The number of fused-ring (bicyclic) bond motifs is 2. The minimum atomic E-state index is 0.351. The first-order chi connectivity index (χ1) is 15.7. The molecule has 0 amide bonds. The molecule has 2 unspecified atom stereocenters. The third-order valence-electron chi connectivity index (χ3n) is 6.82. The maximum absolute atomic E-state index is 8.98. The molecule has 10 nitrogen and oxygen atoms in total. The second-order valence-electron chi connectivity index (χ2n) is 9.08. The van der Waals surface area contributed by atoms with Crippen LogP contribution in [-0.2, 0) is 0 Å². The number of nitriles is 1. The number of aromatic nitrogens is 4. The van der Waals surface area contributed by atoms with Gasteiger partial charge in [0.2, 0.25) is 5.95 Å². The number of H-pyrrole nitrogens is 1. The van der Waals surface area contributed by atoms with Crippen LogP contribution in [0.1, 0.15) is 37.8 Å². The monoisotopic (exact) mass is 436 g/mol. The van der Waals surface area contributed by atoms with E-state index in [1.165, 1.54) is 12.8 Å².